The fourth-order valence-electron chi connectivity index (χ4n) is 10.7. The molecule has 3 aliphatic rings. The minimum atomic E-state index is -2.06. The number of esters is 1. The van der Waals surface area contributed by atoms with Crippen molar-refractivity contribution in [1.82, 2.24) is 10.6 Å². The van der Waals surface area contributed by atoms with Gasteiger partial charge in [0.15, 0.2) is 12.6 Å². The summed E-state index contributed by atoms with van der Waals surface area (Å²) < 4.78 is 111. The molecule has 12 unspecified atom stereocenters. The first kappa shape index (κ1) is 79.3. The molecule has 23 heteroatoms. The minimum Gasteiger partial charge on any atom is -0.465 e. The van der Waals surface area contributed by atoms with E-state index in [1.165, 1.54) is 71.1 Å². The smallest absolute Gasteiger partial charge is 0.366 e. The van der Waals surface area contributed by atoms with E-state index < -0.39 is 116 Å². The Balaban J connectivity index is 0.00000505. The van der Waals surface area contributed by atoms with Crippen LogP contribution in [0.5, 0.6) is 0 Å². The van der Waals surface area contributed by atoms with Gasteiger partial charge in [-0.25, -0.2) is 4.79 Å². The van der Waals surface area contributed by atoms with Crippen LogP contribution in [0.4, 0.5) is 0 Å². The van der Waals surface area contributed by atoms with Crippen molar-refractivity contribution in [3.8, 4) is 0 Å². The van der Waals surface area contributed by atoms with Crippen LogP contribution < -0.4 is 10.6 Å². The number of nitrogens with one attached hydrogen (secondary N) is 2. The first-order chi connectivity index (χ1) is 41.8. The molecule has 5 rings (SSSR count). The van der Waals surface area contributed by atoms with Crippen LogP contribution in [-0.4, -0.2) is 240 Å². The van der Waals surface area contributed by atoms with E-state index in [2.05, 4.69) is 10.6 Å². The van der Waals surface area contributed by atoms with Crippen LogP contribution in [0.25, 0.3) is 12.2 Å². The third kappa shape index (κ3) is 22.5. The van der Waals surface area contributed by atoms with Gasteiger partial charge in [-0.15, -0.1) is 0 Å². The van der Waals surface area contributed by atoms with Crippen molar-refractivity contribution in [2.45, 2.75) is 157 Å². The standard InChI is InChI=1S/C60H90N2O20.2C2H6.V/c1-15-23-42(67-5)41(62-47(63)32-40-30-28-39(29-31-40)27-20-17-16-19-24-38-25-21-18-22-26-38)34-77-57-55(74-12)54(73-11)51(45(79-57)36-66-4)81-58-56(75-13)53(72-10)50(71-9)46(80-58)37-78-60(59(64)76-14)33-43(68-6)48(61-2)52(82-60)49(70-8)44(69-7)35-65-3;2*1-2;/h15-31,41-46,48-58,61H,32-37H2,1-14H3,(H,62,63);2*1-2H3;/b17-16+,23-15+,24-19+,27-20+;;;/t41?,42?,43?,44?,45?,46?,48-,49?,50-,51+,52?,53?,54?,55?,56?,57+,58-,60-;;;/m0.../s1. The molecule has 2 aromatic carbocycles. The van der Waals surface area contributed by atoms with Gasteiger partial charge in [-0.1, -0.05) is 131 Å². The number of hydrogen-bond acceptors (Lipinski definition) is 21. The molecule has 87 heavy (non-hydrogen) atoms. The Hall–Kier alpha value is -3.80. The van der Waals surface area contributed by atoms with Crippen molar-refractivity contribution in [2.24, 2.45) is 0 Å². The number of amides is 1. The molecule has 0 saturated carbocycles. The summed E-state index contributed by atoms with van der Waals surface area (Å²) in [5, 5.41) is 6.38. The average molecular weight is 1270 g/mol. The van der Waals surface area contributed by atoms with E-state index in [0.717, 1.165) is 16.7 Å². The maximum atomic E-state index is 14.1. The van der Waals surface area contributed by atoms with E-state index in [9.17, 15) is 9.59 Å². The van der Waals surface area contributed by atoms with Gasteiger partial charge in [-0.3, -0.25) is 4.79 Å². The molecule has 2 N–H and O–H groups in total. The summed E-state index contributed by atoms with van der Waals surface area (Å²) in [6.07, 6.45) is 2.60. The van der Waals surface area contributed by atoms with E-state index in [1.54, 1.807) is 21.3 Å². The van der Waals surface area contributed by atoms with Gasteiger partial charge in [-0.05, 0) is 30.7 Å². The zero-order chi connectivity index (χ0) is 63.6. The molecule has 0 bridgehead atoms. The predicted octanol–water partition coefficient (Wildman–Crippen LogP) is 6.16. The number of hydrogen-bond donors (Lipinski definition) is 2. The average Bonchev–Trinajstić information content (AvgIpc) is 0.927. The van der Waals surface area contributed by atoms with Gasteiger partial charge in [0.1, 0.15) is 67.1 Å². The second-order valence-corrected chi connectivity index (χ2v) is 19.7. The Kier molecular flexibility index (Phi) is 40.0. The summed E-state index contributed by atoms with van der Waals surface area (Å²) in [5.41, 5.74) is 2.94. The third-order valence-electron chi connectivity index (χ3n) is 14.8. The van der Waals surface area contributed by atoms with Crippen LogP contribution in [-0.2, 0) is 120 Å². The number of carbonyl (C=O) groups excluding carboxylic acids is 2. The quantitative estimate of drug-likeness (QED) is 0.0454. The fraction of sp³-hybridized carbons (Fsp3) is 0.656. The first-order valence-corrected chi connectivity index (χ1v) is 29.3. The summed E-state index contributed by atoms with van der Waals surface area (Å²) >= 11 is 0. The Bertz CT molecular complexity index is 2270. The van der Waals surface area contributed by atoms with Crippen LogP contribution in [0, 0.1) is 0 Å². The van der Waals surface area contributed by atoms with Gasteiger partial charge < -0.3 is 95.9 Å². The summed E-state index contributed by atoms with van der Waals surface area (Å²) in [7, 11) is 19.7. The Morgan fingerprint density at radius 2 is 1.22 bits per heavy atom. The van der Waals surface area contributed by atoms with Crippen molar-refractivity contribution in [1.29, 1.82) is 0 Å². The van der Waals surface area contributed by atoms with Crippen LogP contribution in [0.1, 0.15) is 57.7 Å². The molecule has 2 aromatic rings. The molecule has 493 valence electrons. The molecular formula is C64H102N2O20V. The molecule has 22 nitrogen and oxygen atoms in total. The minimum absolute atomic E-state index is 0. The Morgan fingerprint density at radius 3 is 1.74 bits per heavy atom. The fourth-order valence-corrected chi connectivity index (χ4v) is 10.7. The van der Waals surface area contributed by atoms with E-state index in [4.69, 9.17) is 85.3 Å². The second-order valence-electron chi connectivity index (χ2n) is 19.7. The number of carbonyl (C=O) groups is 2. The van der Waals surface area contributed by atoms with Gasteiger partial charge >= 0.3 is 5.97 Å². The van der Waals surface area contributed by atoms with Crippen LogP contribution >= 0.6 is 0 Å². The van der Waals surface area contributed by atoms with Crippen LogP contribution in [0.15, 0.2) is 91.1 Å². The molecule has 3 heterocycles. The second kappa shape index (κ2) is 43.8. The van der Waals surface area contributed by atoms with E-state index in [-0.39, 0.29) is 63.7 Å². The predicted molar refractivity (Wildman–Crippen MR) is 325 cm³/mol. The Labute approximate surface area is 529 Å². The van der Waals surface area contributed by atoms with E-state index in [1.807, 2.05) is 138 Å². The van der Waals surface area contributed by atoms with Gasteiger partial charge in [0.25, 0.3) is 5.79 Å². The maximum Gasteiger partial charge on any atom is 0.366 e. The molecular weight excluding hydrogens is 1170 g/mol. The molecule has 3 aliphatic heterocycles. The topological polar surface area (TPSA) is 224 Å². The zero-order valence-corrected chi connectivity index (χ0v) is 55.9. The first-order valence-electron chi connectivity index (χ1n) is 29.3. The van der Waals surface area contributed by atoms with Crippen molar-refractivity contribution >= 4 is 24.0 Å². The monoisotopic (exact) mass is 1270 g/mol. The SMILES string of the molecule is C/C=C/C(OC)C(CO[C@@H]1OC(COC)[C@@H](O[C@@H]2OC(CO[C@@]3(C(=O)OC)CC(OC)[C@H](NC)C(C(OC)C(COC)OC)O3)[C@H](OC)C(OC)C2OC)C(OC)C1OC)NC(=O)Cc1ccc(/C=C/C=C/C=C/c2ccccc2)cc1.CC.CC.[V]. The summed E-state index contributed by atoms with van der Waals surface area (Å²) in [4.78, 5) is 27.8. The number of benzene rings is 2. The molecule has 0 spiro atoms. The largest absolute Gasteiger partial charge is 0.465 e. The normalized spacial score (nSPS) is 28.9. The number of allylic oxidation sites excluding steroid dienone is 5. The van der Waals surface area contributed by atoms with Gasteiger partial charge in [0.05, 0.1) is 64.2 Å². The third-order valence-corrected chi connectivity index (χ3v) is 14.8. The van der Waals surface area contributed by atoms with Crippen molar-refractivity contribution in [3.05, 3.63) is 108 Å². The molecule has 3 saturated heterocycles. The molecule has 0 aliphatic carbocycles. The number of methoxy groups -OCH3 is 12. The molecule has 1 amide bonds. The summed E-state index contributed by atoms with van der Waals surface area (Å²) in [5.74, 6) is -3.13. The zero-order valence-electron chi connectivity index (χ0n) is 54.5. The molecule has 3 fully saturated rings. The van der Waals surface area contributed by atoms with Gasteiger partial charge in [0, 0.05) is 103 Å². The molecule has 0 aromatic heterocycles. The molecule has 1 radical (unpaired) electrons. The van der Waals surface area contributed by atoms with Gasteiger partial charge in [-0.2, -0.15) is 0 Å². The van der Waals surface area contributed by atoms with Crippen molar-refractivity contribution in [3.63, 3.8) is 0 Å². The van der Waals surface area contributed by atoms with E-state index in [0.29, 0.717) is 0 Å². The van der Waals surface area contributed by atoms with Crippen molar-refractivity contribution in [2.75, 3.05) is 119 Å². The number of likely N-dealkylation sites (N-methyl/N-ethyl adjacent to an activating group) is 1. The summed E-state index contributed by atoms with van der Waals surface area (Å²) in [6.45, 7) is 9.64. The summed E-state index contributed by atoms with van der Waals surface area (Å²) in [6, 6.07) is 16.7. The number of rotatable bonds is 34. The van der Waals surface area contributed by atoms with Crippen LogP contribution in [0.2, 0.25) is 0 Å². The van der Waals surface area contributed by atoms with Crippen molar-refractivity contribution < 1.29 is 113 Å². The van der Waals surface area contributed by atoms with Crippen LogP contribution in [0.3, 0.4) is 0 Å². The van der Waals surface area contributed by atoms with E-state index >= 15 is 0 Å². The van der Waals surface area contributed by atoms with Gasteiger partial charge in [0.2, 0.25) is 5.91 Å². The maximum absolute atomic E-state index is 14.1. The Morgan fingerprint density at radius 1 is 0.644 bits per heavy atom. The molecule has 18 atom stereocenters. The number of ether oxygens (including phenoxy) is 18.